The van der Waals surface area contributed by atoms with E-state index in [9.17, 15) is 22.7 Å². The molecule has 2 aliphatic carbocycles. The molecule has 2 unspecified atom stereocenters. The molecule has 0 amide bonds. The Morgan fingerprint density at radius 1 is 1.19 bits per heavy atom. The molecule has 4 rings (SSSR count). The minimum absolute atomic E-state index is 0.0503. The van der Waals surface area contributed by atoms with Gasteiger partial charge >= 0.3 is 6.18 Å². The van der Waals surface area contributed by atoms with Gasteiger partial charge < -0.3 is 15.2 Å². The Balaban J connectivity index is 1.51. The van der Waals surface area contributed by atoms with E-state index in [-0.39, 0.29) is 23.3 Å². The van der Waals surface area contributed by atoms with Crippen molar-refractivity contribution in [2.45, 2.75) is 58.4 Å². The van der Waals surface area contributed by atoms with Crippen LogP contribution in [0.3, 0.4) is 0 Å². The molecule has 0 saturated heterocycles. The number of nitrogens with one attached hydrogen (secondary N) is 1. The lowest BCUT2D eigenvalue weighted by Crippen LogP contribution is -2.22. The number of rotatable bonds is 9. The molecular weight excluding hydrogens is 482 g/mol. The molecule has 0 aromatic heterocycles. The number of hydrogen-bond acceptors (Lipinski definition) is 3. The second-order valence-corrected chi connectivity index (χ2v) is 10.5. The Morgan fingerprint density at radius 2 is 1.95 bits per heavy atom. The molecule has 2 saturated carbocycles. The van der Waals surface area contributed by atoms with Crippen LogP contribution in [0, 0.1) is 17.7 Å². The van der Waals surface area contributed by atoms with Crippen LogP contribution in [0.25, 0.3) is 11.1 Å². The first-order chi connectivity index (χ1) is 17.4. The minimum Gasteiger partial charge on any atom is -0.489 e. The van der Waals surface area contributed by atoms with Crippen molar-refractivity contribution in [1.82, 2.24) is 0 Å². The van der Waals surface area contributed by atoms with Crippen LogP contribution in [0.1, 0.15) is 51.2 Å². The maximum Gasteiger partial charge on any atom is 0.417 e. The predicted molar refractivity (Wildman–Crippen MR) is 138 cm³/mol. The maximum atomic E-state index is 14.6. The van der Waals surface area contributed by atoms with Crippen molar-refractivity contribution < 1.29 is 27.4 Å². The molecule has 0 heterocycles. The minimum atomic E-state index is -4.61. The molecule has 3 nitrogen and oxygen atoms in total. The highest BCUT2D eigenvalue weighted by atomic mass is 19.4. The average Bonchev–Trinajstić information content (AvgIpc) is 3.48. The van der Waals surface area contributed by atoms with E-state index < -0.39 is 23.2 Å². The Hall–Kier alpha value is -3.06. The SMILES string of the molecule is C=C(/C=C1/CC2CC2/C1=C/C)OCc1cc(-c2ccc(NCCC(C)(C)O)cc2C(F)(F)F)ccc1F. The zero-order valence-corrected chi connectivity index (χ0v) is 21.4. The number of ether oxygens (including phenoxy) is 1. The number of fused-ring (bicyclic) bond motifs is 1. The quantitative estimate of drug-likeness (QED) is 0.262. The maximum absolute atomic E-state index is 14.6. The lowest BCUT2D eigenvalue weighted by molar-refractivity contribution is -0.137. The van der Waals surface area contributed by atoms with E-state index in [1.807, 2.05) is 13.0 Å². The summed E-state index contributed by atoms with van der Waals surface area (Å²) in [6, 6.07) is 7.86. The van der Waals surface area contributed by atoms with Crippen LogP contribution in [0.5, 0.6) is 0 Å². The summed E-state index contributed by atoms with van der Waals surface area (Å²) in [7, 11) is 0. The average molecular weight is 516 g/mol. The van der Waals surface area contributed by atoms with Gasteiger partial charge in [-0.15, -0.1) is 0 Å². The van der Waals surface area contributed by atoms with Crippen molar-refractivity contribution in [2.24, 2.45) is 11.8 Å². The number of aliphatic hydroxyl groups is 1. The molecule has 198 valence electrons. The number of benzene rings is 2. The molecule has 2 fully saturated rings. The van der Waals surface area contributed by atoms with E-state index in [4.69, 9.17) is 4.74 Å². The lowest BCUT2D eigenvalue weighted by atomic mass is 9.96. The zero-order chi connectivity index (χ0) is 27.0. The third-order valence-corrected chi connectivity index (χ3v) is 6.98. The summed E-state index contributed by atoms with van der Waals surface area (Å²) in [6.07, 6.45) is 1.97. The molecule has 2 aliphatic rings. The molecule has 2 atom stereocenters. The monoisotopic (exact) mass is 515 g/mol. The molecule has 2 aromatic carbocycles. The normalized spacial score (nSPS) is 21.3. The molecule has 0 radical (unpaired) electrons. The zero-order valence-electron chi connectivity index (χ0n) is 21.4. The highest BCUT2D eigenvalue weighted by molar-refractivity contribution is 5.71. The van der Waals surface area contributed by atoms with Gasteiger partial charge in [0.25, 0.3) is 0 Å². The van der Waals surface area contributed by atoms with Gasteiger partial charge in [0.2, 0.25) is 0 Å². The van der Waals surface area contributed by atoms with Crippen molar-refractivity contribution in [1.29, 1.82) is 0 Å². The highest BCUT2D eigenvalue weighted by Crippen LogP contribution is 2.57. The first-order valence-corrected chi connectivity index (χ1v) is 12.5. The summed E-state index contributed by atoms with van der Waals surface area (Å²) < 4.78 is 62.1. The number of alkyl halides is 3. The second-order valence-electron chi connectivity index (χ2n) is 10.5. The van der Waals surface area contributed by atoms with Crippen LogP contribution in [-0.4, -0.2) is 17.3 Å². The van der Waals surface area contributed by atoms with Crippen LogP contribution < -0.4 is 5.32 Å². The second kappa shape index (κ2) is 10.4. The summed E-state index contributed by atoms with van der Waals surface area (Å²) in [5.41, 5.74) is 1.39. The van der Waals surface area contributed by atoms with Crippen LogP contribution in [0.4, 0.5) is 23.2 Å². The molecular formula is C30H33F4NO2. The van der Waals surface area contributed by atoms with Gasteiger partial charge in [0.1, 0.15) is 18.2 Å². The van der Waals surface area contributed by atoms with E-state index in [2.05, 4.69) is 18.0 Å². The topological polar surface area (TPSA) is 41.5 Å². The fourth-order valence-electron chi connectivity index (χ4n) is 4.95. The van der Waals surface area contributed by atoms with Crippen molar-refractivity contribution in [3.8, 4) is 11.1 Å². The fourth-order valence-corrected chi connectivity index (χ4v) is 4.95. The first-order valence-electron chi connectivity index (χ1n) is 12.5. The van der Waals surface area contributed by atoms with Gasteiger partial charge in [0.05, 0.1) is 11.2 Å². The molecule has 2 N–H and O–H groups in total. The van der Waals surface area contributed by atoms with E-state index in [1.54, 1.807) is 19.9 Å². The van der Waals surface area contributed by atoms with Crippen LogP contribution in [-0.2, 0) is 17.5 Å². The number of halogens is 4. The molecule has 7 heteroatoms. The van der Waals surface area contributed by atoms with Gasteiger partial charge in [0, 0.05) is 17.8 Å². The Kier molecular flexibility index (Phi) is 7.56. The number of hydrogen-bond donors (Lipinski definition) is 2. The van der Waals surface area contributed by atoms with Crippen molar-refractivity contribution >= 4 is 5.69 Å². The summed E-state index contributed by atoms with van der Waals surface area (Å²) in [5, 5.41) is 12.8. The first kappa shape index (κ1) is 27.0. The van der Waals surface area contributed by atoms with Gasteiger partial charge in [-0.1, -0.05) is 24.8 Å². The largest absolute Gasteiger partial charge is 0.489 e. The molecule has 37 heavy (non-hydrogen) atoms. The lowest BCUT2D eigenvalue weighted by Gasteiger charge is -2.19. The third-order valence-electron chi connectivity index (χ3n) is 6.98. The van der Waals surface area contributed by atoms with Crippen LogP contribution >= 0.6 is 0 Å². The van der Waals surface area contributed by atoms with Gasteiger partial charge in [-0.05, 0) is 104 Å². The number of allylic oxidation sites excluding steroid dienone is 4. The molecule has 2 aromatic rings. The van der Waals surface area contributed by atoms with E-state index in [0.29, 0.717) is 36.2 Å². The Bertz CT molecular complexity index is 1240. The van der Waals surface area contributed by atoms with Gasteiger partial charge in [0.15, 0.2) is 0 Å². The summed E-state index contributed by atoms with van der Waals surface area (Å²) in [5.74, 6) is 1.17. The Morgan fingerprint density at radius 3 is 2.62 bits per heavy atom. The molecule has 0 spiro atoms. The standard InChI is InChI=1S/C30H33F4NO2/c1-5-24-20(14-21-15-26(21)24)12-18(2)37-17-22-13-19(6-9-28(22)31)25-8-7-23(16-27(25)30(32,33)34)35-11-10-29(3,4)36/h5-9,12-13,16,21,26,35-36H,2,10-11,14-15,17H2,1,3-4H3/b20-12-,24-5+. The number of anilines is 1. The highest BCUT2D eigenvalue weighted by Gasteiger charge is 2.46. The third kappa shape index (κ3) is 6.63. The van der Waals surface area contributed by atoms with Crippen molar-refractivity contribution in [2.75, 3.05) is 11.9 Å². The van der Waals surface area contributed by atoms with Gasteiger partial charge in [-0.3, -0.25) is 0 Å². The molecule has 0 aliphatic heterocycles. The predicted octanol–water partition coefficient (Wildman–Crippen LogP) is 8.03. The van der Waals surface area contributed by atoms with E-state index in [1.165, 1.54) is 35.8 Å². The van der Waals surface area contributed by atoms with Crippen LogP contribution in [0.15, 0.2) is 72.0 Å². The fraction of sp³-hybridized carbons (Fsp3) is 0.400. The van der Waals surface area contributed by atoms with Gasteiger partial charge in [-0.2, -0.15) is 13.2 Å². The summed E-state index contributed by atoms with van der Waals surface area (Å²) >= 11 is 0. The summed E-state index contributed by atoms with van der Waals surface area (Å²) in [6.45, 7) is 9.39. The Labute approximate surface area is 215 Å². The summed E-state index contributed by atoms with van der Waals surface area (Å²) in [4.78, 5) is 0. The molecule has 0 bridgehead atoms. The van der Waals surface area contributed by atoms with E-state index >= 15 is 0 Å². The van der Waals surface area contributed by atoms with E-state index in [0.717, 1.165) is 18.6 Å². The van der Waals surface area contributed by atoms with Crippen molar-refractivity contribution in [3.63, 3.8) is 0 Å². The smallest absolute Gasteiger partial charge is 0.417 e. The van der Waals surface area contributed by atoms with Gasteiger partial charge in [-0.25, -0.2) is 4.39 Å². The van der Waals surface area contributed by atoms with Crippen LogP contribution in [0.2, 0.25) is 0 Å². The van der Waals surface area contributed by atoms with Crippen molar-refractivity contribution in [3.05, 3.63) is 89.0 Å².